The van der Waals surface area contributed by atoms with Gasteiger partial charge in [-0.1, -0.05) is 34.1 Å². The summed E-state index contributed by atoms with van der Waals surface area (Å²) in [6.07, 6.45) is 0. The van der Waals surface area contributed by atoms with Gasteiger partial charge in [-0.05, 0) is 43.7 Å². The Morgan fingerprint density at radius 1 is 1.25 bits per heavy atom. The molecule has 0 spiro atoms. The molecule has 0 unspecified atom stereocenters. The van der Waals surface area contributed by atoms with Crippen molar-refractivity contribution in [2.45, 2.75) is 19.9 Å². The Bertz CT molecular complexity index is 599. The van der Waals surface area contributed by atoms with Crippen molar-refractivity contribution in [3.8, 4) is 0 Å². The Kier molecular flexibility index (Phi) is 4.78. The smallest absolute Gasteiger partial charge is 0.146 e. The van der Waals surface area contributed by atoms with Gasteiger partial charge in [0, 0.05) is 22.7 Å². The molecule has 2 rings (SSSR count). The maximum absolute atomic E-state index is 13.9. The Labute approximate surface area is 127 Å². The van der Waals surface area contributed by atoms with E-state index in [9.17, 15) is 4.39 Å². The van der Waals surface area contributed by atoms with Crippen molar-refractivity contribution < 1.29 is 4.39 Å². The van der Waals surface area contributed by atoms with E-state index in [1.54, 1.807) is 12.1 Å². The minimum Gasteiger partial charge on any atom is -0.339 e. The highest BCUT2D eigenvalue weighted by Crippen LogP contribution is 2.32. The van der Waals surface area contributed by atoms with Crippen molar-refractivity contribution in [3.05, 3.63) is 58.3 Å². The summed E-state index contributed by atoms with van der Waals surface area (Å²) in [7, 11) is 0. The first kappa shape index (κ1) is 15.0. The number of rotatable bonds is 4. The lowest BCUT2D eigenvalue weighted by atomic mass is 10.1. The van der Waals surface area contributed by atoms with E-state index < -0.39 is 0 Å². The van der Waals surface area contributed by atoms with Gasteiger partial charge in [0.25, 0.3) is 0 Å². The molecule has 0 aliphatic carbocycles. The third kappa shape index (κ3) is 3.02. The molecule has 0 bridgehead atoms. The average molecular weight is 337 g/mol. The van der Waals surface area contributed by atoms with Crippen LogP contribution in [0.25, 0.3) is 0 Å². The van der Waals surface area contributed by atoms with Crippen LogP contribution in [0.3, 0.4) is 0 Å². The van der Waals surface area contributed by atoms with Crippen LogP contribution in [-0.4, -0.2) is 6.54 Å². The second-order valence-corrected chi connectivity index (χ2v) is 5.54. The Balaban J connectivity index is 2.43. The Hall–Kier alpha value is -1.39. The van der Waals surface area contributed by atoms with Crippen molar-refractivity contribution >= 4 is 27.3 Å². The molecule has 20 heavy (non-hydrogen) atoms. The molecule has 0 saturated carbocycles. The quantitative estimate of drug-likeness (QED) is 0.871. The van der Waals surface area contributed by atoms with Gasteiger partial charge in [0.15, 0.2) is 0 Å². The normalized spacial score (nSPS) is 12.2. The highest BCUT2D eigenvalue weighted by Gasteiger charge is 2.13. The fourth-order valence-electron chi connectivity index (χ4n) is 2.22. The number of nitrogens with two attached hydrogens (primary N) is 1. The van der Waals surface area contributed by atoms with Crippen LogP contribution in [0.1, 0.15) is 25.5 Å². The Morgan fingerprint density at radius 3 is 2.50 bits per heavy atom. The zero-order chi connectivity index (χ0) is 14.7. The van der Waals surface area contributed by atoms with Gasteiger partial charge in [-0.15, -0.1) is 0 Å². The van der Waals surface area contributed by atoms with Gasteiger partial charge in [0.1, 0.15) is 5.82 Å². The van der Waals surface area contributed by atoms with Crippen LogP contribution in [0.4, 0.5) is 15.8 Å². The number of halogens is 2. The highest BCUT2D eigenvalue weighted by molar-refractivity contribution is 9.10. The van der Waals surface area contributed by atoms with Crippen molar-refractivity contribution in [2.24, 2.45) is 5.73 Å². The fraction of sp³-hybridized carbons (Fsp3) is 0.250. The van der Waals surface area contributed by atoms with Crippen molar-refractivity contribution in [1.82, 2.24) is 0 Å². The van der Waals surface area contributed by atoms with Crippen LogP contribution in [0.15, 0.2) is 46.9 Å². The van der Waals surface area contributed by atoms with E-state index in [1.807, 2.05) is 43.0 Å². The molecular weight excluding hydrogens is 319 g/mol. The molecule has 0 aliphatic rings. The molecule has 0 aliphatic heterocycles. The lowest BCUT2D eigenvalue weighted by Gasteiger charge is -2.24. The maximum atomic E-state index is 13.9. The van der Waals surface area contributed by atoms with Crippen LogP contribution >= 0.6 is 15.9 Å². The highest BCUT2D eigenvalue weighted by atomic mass is 79.9. The van der Waals surface area contributed by atoms with E-state index in [-0.39, 0.29) is 11.9 Å². The average Bonchev–Trinajstić information content (AvgIpc) is 2.41. The first-order valence-electron chi connectivity index (χ1n) is 6.61. The summed E-state index contributed by atoms with van der Waals surface area (Å²) >= 11 is 3.54. The van der Waals surface area contributed by atoms with Crippen LogP contribution in [-0.2, 0) is 0 Å². The SMILES string of the molecule is CCN(c1ccc([C@H](C)N)c(Br)c1)c1ccccc1F. The number of para-hydroxylation sites is 1. The van der Waals surface area contributed by atoms with Gasteiger partial charge in [0.2, 0.25) is 0 Å². The van der Waals surface area contributed by atoms with Gasteiger partial charge in [0.05, 0.1) is 5.69 Å². The molecular formula is C16H18BrFN2. The van der Waals surface area contributed by atoms with Crippen molar-refractivity contribution in [2.75, 3.05) is 11.4 Å². The lowest BCUT2D eigenvalue weighted by Crippen LogP contribution is -2.17. The minimum absolute atomic E-state index is 0.0398. The largest absolute Gasteiger partial charge is 0.339 e. The maximum Gasteiger partial charge on any atom is 0.146 e. The van der Waals surface area contributed by atoms with Gasteiger partial charge in [-0.25, -0.2) is 4.39 Å². The first-order chi connectivity index (χ1) is 9.54. The number of hydrogen-bond donors (Lipinski definition) is 1. The van der Waals surface area contributed by atoms with E-state index >= 15 is 0 Å². The molecule has 2 aromatic rings. The van der Waals surface area contributed by atoms with E-state index in [0.717, 1.165) is 15.7 Å². The number of benzene rings is 2. The summed E-state index contributed by atoms with van der Waals surface area (Å²) < 4.78 is 14.9. The minimum atomic E-state index is -0.221. The molecule has 106 valence electrons. The van der Waals surface area contributed by atoms with Crippen LogP contribution in [0.5, 0.6) is 0 Å². The van der Waals surface area contributed by atoms with Crippen LogP contribution in [0.2, 0.25) is 0 Å². The second-order valence-electron chi connectivity index (χ2n) is 4.69. The monoisotopic (exact) mass is 336 g/mol. The third-order valence-corrected chi connectivity index (χ3v) is 3.93. The van der Waals surface area contributed by atoms with Crippen molar-refractivity contribution in [3.63, 3.8) is 0 Å². The van der Waals surface area contributed by atoms with E-state index in [2.05, 4.69) is 15.9 Å². The predicted octanol–water partition coefficient (Wildman–Crippen LogP) is 4.77. The Morgan fingerprint density at radius 2 is 1.95 bits per heavy atom. The van der Waals surface area contributed by atoms with Gasteiger partial charge in [-0.2, -0.15) is 0 Å². The van der Waals surface area contributed by atoms with Crippen LogP contribution in [0, 0.1) is 5.82 Å². The summed E-state index contributed by atoms with van der Waals surface area (Å²) in [5.41, 5.74) is 8.46. The molecule has 0 heterocycles. The summed E-state index contributed by atoms with van der Waals surface area (Å²) in [6.45, 7) is 4.62. The summed E-state index contributed by atoms with van der Waals surface area (Å²) in [6, 6.07) is 12.7. The van der Waals surface area contributed by atoms with E-state index in [4.69, 9.17) is 5.73 Å². The van der Waals surface area contributed by atoms with Crippen LogP contribution < -0.4 is 10.6 Å². The molecule has 0 amide bonds. The zero-order valence-electron chi connectivity index (χ0n) is 11.6. The molecule has 2 aromatic carbocycles. The van der Waals surface area contributed by atoms with E-state index in [0.29, 0.717) is 12.2 Å². The number of anilines is 2. The molecule has 2 nitrogen and oxygen atoms in total. The zero-order valence-corrected chi connectivity index (χ0v) is 13.2. The molecule has 2 N–H and O–H groups in total. The van der Waals surface area contributed by atoms with Gasteiger partial charge in [-0.3, -0.25) is 0 Å². The molecule has 0 fully saturated rings. The topological polar surface area (TPSA) is 29.3 Å². The van der Waals surface area contributed by atoms with Gasteiger partial charge < -0.3 is 10.6 Å². The molecule has 4 heteroatoms. The first-order valence-corrected chi connectivity index (χ1v) is 7.41. The molecule has 0 saturated heterocycles. The fourth-order valence-corrected chi connectivity index (χ4v) is 2.94. The van der Waals surface area contributed by atoms with E-state index in [1.165, 1.54) is 6.07 Å². The third-order valence-electron chi connectivity index (χ3n) is 3.25. The summed E-state index contributed by atoms with van der Waals surface area (Å²) in [5, 5.41) is 0. The number of hydrogen-bond acceptors (Lipinski definition) is 2. The summed E-state index contributed by atoms with van der Waals surface area (Å²) in [4.78, 5) is 1.94. The summed E-state index contributed by atoms with van der Waals surface area (Å²) in [5.74, 6) is -0.221. The predicted molar refractivity (Wildman–Crippen MR) is 85.8 cm³/mol. The molecule has 0 aromatic heterocycles. The number of nitrogens with zero attached hydrogens (tertiary/aromatic N) is 1. The molecule has 0 radical (unpaired) electrons. The van der Waals surface area contributed by atoms with Crippen molar-refractivity contribution in [1.29, 1.82) is 0 Å². The molecule has 1 atom stereocenters. The van der Waals surface area contributed by atoms with Gasteiger partial charge >= 0.3 is 0 Å². The lowest BCUT2D eigenvalue weighted by molar-refractivity contribution is 0.625. The standard InChI is InChI=1S/C16H18BrFN2/c1-3-20(16-7-5-4-6-15(16)18)12-8-9-13(11(2)19)14(17)10-12/h4-11H,3,19H2,1-2H3/t11-/m0/s1. The second kappa shape index (κ2) is 6.37.